The molecule has 2 aliphatic rings. The van der Waals surface area contributed by atoms with E-state index in [9.17, 15) is 19.2 Å². The molecule has 2 fully saturated rings. The molecule has 0 N–H and O–H groups in total. The molecule has 0 bridgehead atoms. The molecule has 2 rings (SSSR count). The van der Waals surface area contributed by atoms with Crippen molar-refractivity contribution in [2.24, 2.45) is 0 Å². The minimum Gasteiger partial charge on any atom is -0.608 e. The standard InChI is InChI=1S/2C10H18BO6.Co/c2*1-7(12)14-11(15-8(2)13)16-9(3,4)10(5,6)17-11;/h2*1-6H3;/q2*-1;+2. The summed E-state index contributed by atoms with van der Waals surface area (Å²) in [6.45, 7) is 13.3. The van der Waals surface area contributed by atoms with Crippen molar-refractivity contribution in [3.05, 3.63) is 0 Å². The molecule has 35 heavy (non-hydrogen) atoms. The minimum atomic E-state index is -2.83. The zero-order valence-electron chi connectivity index (χ0n) is 22.4. The predicted octanol–water partition coefficient (Wildman–Crippen LogP) is 2.30. The Morgan fingerprint density at radius 1 is 0.457 bits per heavy atom. The summed E-state index contributed by atoms with van der Waals surface area (Å²) in [4.78, 5) is 44.2. The summed E-state index contributed by atoms with van der Waals surface area (Å²) < 4.78 is 41.8. The van der Waals surface area contributed by atoms with Crippen molar-refractivity contribution in [3.63, 3.8) is 0 Å². The molecule has 203 valence electrons. The van der Waals surface area contributed by atoms with Crippen LogP contribution in [-0.2, 0) is 73.2 Å². The van der Waals surface area contributed by atoms with Gasteiger partial charge >= 0.3 is 30.7 Å². The van der Waals surface area contributed by atoms with Crippen molar-refractivity contribution >= 4 is 37.8 Å². The number of rotatable bonds is 4. The number of hydrogen-bond acceptors (Lipinski definition) is 12. The van der Waals surface area contributed by atoms with Crippen LogP contribution in [0.15, 0.2) is 0 Å². The van der Waals surface area contributed by atoms with Gasteiger partial charge in [-0.05, 0) is 55.4 Å². The van der Waals surface area contributed by atoms with E-state index in [0.29, 0.717) is 0 Å². The second kappa shape index (κ2) is 10.8. The van der Waals surface area contributed by atoms with E-state index in [4.69, 9.17) is 37.2 Å². The van der Waals surface area contributed by atoms with E-state index in [0.717, 1.165) is 0 Å². The molecule has 0 aromatic heterocycles. The van der Waals surface area contributed by atoms with Crippen molar-refractivity contribution in [3.8, 4) is 0 Å². The average molecular weight is 549 g/mol. The third-order valence-electron chi connectivity index (χ3n) is 5.90. The fourth-order valence-electron chi connectivity index (χ4n) is 3.11. The van der Waals surface area contributed by atoms with Crippen LogP contribution < -0.4 is 0 Å². The molecule has 15 heteroatoms. The molecular weight excluding hydrogens is 513 g/mol. The Hall–Kier alpha value is -1.64. The normalized spacial score (nSPS) is 23.4. The summed E-state index contributed by atoms with van der Waals surface area (Å²) in [7, 11) is 0. The van der Waals surface area contributed by atoms with E-state index in [2.05, 4.69) is 0 Å². The summed E-state index contributed by atoms with van der Waals surface area (Å²) in [6, 6.07) is 0. The molecular formula is C20H36B2CoO12. The molecule has 0 aromatic carbocycles. The number of hydrogen-bond donors (Lipinski definition) is 0. The first-order valence-electron chi connectivity index (χ1n) is 10.8. The molecule has 0 aliphatic carbocycles. The molecule has 12 nitrogen and oxygen atoms in total. The molecule has 0 spiro atoms. The number of carbonyl (C=O) groups excluding carboxylic acids is 4. The molecule has 1 radical (unpaired) electrons. The van der Waals surface area contributed by atoms with Gasteiger partial charge in [0.25, 0.3) is 23.9 Å². The van der Waals surface area contributed by atoms with Gasteiger partial charge in [0.1, 0.15) is 0 Å². The Morgan fingerprint density at radius 2 is 0.600 bits per heavy atom. The third-order valence-corrected chi connectivity index (χ3v) is 5.90. The maximum absolute atomic E-state index is 11.1. The van der Waals surface area contributed by atoms with Gasteiger partial charge < -0.3 is 37.2 Å². The summed E-state index contributed by atoms with van der Waals surface area (Å²) in [5.41, 5.74) is -3.01. The van der Waals surface area contributed by atoms with E-state index >= 15 is 0 Å². The molecule has 2 heterocycles. The Bertz CT molecular complexity index is 704. The van der Waals surface area contributed by atoms with Crippen LogP contribution in [0.1, 0.15) is 83.1 Å². The Labute approximate surface area is 216 Å². The van der Waals surface area contributed by atoms with Crippen LogP contribution in [0, 0.1) is 0 Å². The molecule has 0 amide bonds. The van der Waals surface area contributed by atoms with Crippen molar-refractivity contribution in [2.45, 2.75) is 105 Å². The second-order valence-electron chi connectivity index (χ2n) is 10.1. The third kappa shape index (κ3) is 8.18. The Kier molecular flexibility index (Phi) is 10.3. The zero-order chi connectivity index (χ0) is 27.0. The van der Waals surface area contributed by atoms with Gasteiger partial charge in [-0.3, -0.25) is 19.2 Å². The summed E-state index contributed by atoms with van der Waals surface area (Å²) >= 11 is 0. The maximum Gasteiger partial charge on any atom is 2.00 e. The minimum absolute atomic E-state index is 0. The van der Waals surface area contributed by atoms with Crippen molar-refractivity contribution in [2.75, 3.05) is 0 Å². The molecule has 0 atom stereocenters. The molecule has 0 unspecified atom stereocenters. The zero-order valence-corrected chi connectivity index (χ0v) is 23.4. The number of carbonyl (C=O) groups is 4. The SMILES string of the molecule is CC(=O)O[B-]1(OC(C)=O)OC(C)(C)C(C)(C)O1.CC(=O)O[B-]1(OC(C)=O)OC(C)(C)C(C)(C)O1.[Co+2]. The predicted molar refractivity (Wildman–Crippen MR) is 119 cm³/mol. The van der Waals surface area contributed by atoms with Crippen LogP contribution in [0.2, 0.25) is 0 Å². The fourth-order valence-corrected chi connectivity index (χ4v) is 3.11. The van der Waals surface area contributed by atoms with Gasteiger partial charge in [0.2, 0.25) is 0 Å². The van der Waals surface area contributed by atoms with E-state index in [-0.39, 0.29) is 16.8 Å². The van der Waals surface area contributed by atoms with Crippen LogP contribution >= 0.6 is 0 Å². The van der Waals surface area contributed by atoms with Crippen LogP contribution in [-0.4, -0.2) is 60.2 Å². The van der Waals surface area contributed by atoms with E-state index < -0.39 is 60.2 Å². The van der Waals surface area contributed by atoms with Crippen molar-refractivity contribution in [1.29, 1.82) is 0 Å². The van der Waals surface area contributed by atoms with Gasteiger partial charge in [0, 0.05) is 50.1 Å². The fraction of sp³-hybridized carbons (Fsp3) is 0.800. The topological polar surface area (TPSA) is 142 Å². The summed E-state index contributed by atoms with van der Waals surface area (Å²) in [6.07, 6.45) is 0. The summed E-state index contributed by atoms with van der Waals surface area (Å²) in [5, 5.41) is 0. The van der Waals surface area contributed by atoms with E-state index in [1.807, 2.05) is 0 Å². The maximum atomic E-state index is 11.1. The molecule has 0 saturated carbocycles. The molecule has 0 aromatic rings. The van der Waals surface area contributed by atoms with Gasteiger partial charge in [-0.2, -0.15) is 0 Å². The molecule has 2 saturated heterocycles. The van der Waals surface area contributed by atoms with Crippen LogP contribution in [0.4, 0.5) is 0 Å². The van der Waals surface area contributed by atoms with Gasteiger partial charge in [0.05, 0.1) is 0 Å². The first-order chi connectivity index (χ1) is 15.0. The monoisotopic (exact) mass is 549 g/mol. The van der Waals surface area contributed by atoms with Gasteiger partial charge in [-0.25, -0.2) is 0 Å². The van der Waals surface area contributed by atoms with E-state index in [1.54, 1.807) is 55.4 Å². The smallest absolute Gasteiger partial charge is 0.608 e. The van der Waals surface area contributed by atoms with Gasteiger partial charge in [-0.1, -0.05) is 0 Å². The van der Waals surface area contributed by atoms with Crippen molar-refractivity contribution < 1.29 is 73.2 Å². The Balaban J connectivity index is 0.000000642. The first-order valence-corrected chi connectivity index (χ1v) is 10.8. The average Bonchev–Trinajstić information content (AvgIpc) is 2.76. The van der Waals surface area contributed by atoms with Gasteiger partial charge in [0.15, 0.2) is 0 Å². The van der Waals surface area contributed by atoms with E-state index in [1.165, 1.54) is 27.7 Å². The van der Waals surface area contributed by atoms with Crippen LogP contribution in [0.5, 0.6) is 0 Å². The largest absolute Gasteiger partial charge is 2.00 e. The second-order valence-corrected chi connectivity index (χ2v) is 10.1. The Morgan fingerprint density at radius 3 is 0.714 bits per heavy atom. The van der Waals surface area contributed by atoms with Crippen molar-refractivity contribution in [1.82, 2.24) is 0 Å². The van der Waals surface area contributed by atoms with Crippen LogP contribution in [0.25, 0.3) is 0 Å². The quantitative estimate of drug-likeness (QED) is 0.475. The van der Waals surface area contributed by atoms with Crippen LogP contribution in [0.3, 0.4) is 0 Å². The van der Waals surface area contributed by atoms with Gasteiger partial charge in [-0.15, -0.1) is 0 Å². The first kappa shape index (κ1) is 33.4. The summed E-state index contributed by atoms with van der Waals surface area (Å²) in [5.74, 6) is -2.56. The molecule has 2 aliphatic heterocycles.